The molecule has 1 aromatic rings. The third-order valence-electron chi connectivity index (χ3n) is 3.12. The minimum absolute atomic E-state index is 0.0314. The van der Waals surface area contributed by atoms with Gasteiger partial charge in [-0.2, -0.15) is 0 Å². The molecule has 102 valence electrons. The lowest BCUT2D eigenvalue weighted by Crippen LogP contribution is -2.50. The molecular weight excluding hydrogens is 252 g/mol. The van der Waals surface area contributed by atoms with Crippen LogP contribution in [0.25, 0.3) is 0 Å². The Labute approximate surface area is 109 Å². The van der Waals surface area contributed by atoms with Crippen LogP contribution in [-0.2, 0) is 9.53 Å². The first-order valence-corrected chi connectivity index (χ1v) is 5.83. The van der Waals surface area contributed by atoms with E-state index in [-0.39, 0.29) is 12.3 Å². The predicted octanol–water partition coefficient (Wildman–Crippen LogP) is 1.19. The van der Waals surface area contributed by atoms with Gasteiger partial charge in [0.2, 0.25) is 0 Å². The molecule has 0 aliphatic carbocycles. The van der Waals surface area contributed by atoms with Crippen LogP contribution < -0.4 is 4.90 Å². The van der Waals surface area contributed by atoms with Gasteiger partial charge < -0.3 is 14.7 Å². The Morgan fingerprint density at radius 3 is 2.89 bits per heavy atom. The van der Waals surface area contributed by atoms with Crippen LogP contribution in [-0.4, -0.2) is 41.8 Å². The molecule has 7 nitrogen and oxygen atoms in total. The monoisotopic (exact) mass is 266 g/mol. The van der Waals surface area contributed by atoms with Crippen molar-refractivity contribution in [2.75, 3.05) is 24.7 Å². The molecule has 0 bridgehead atoms. The first-order chi connectivity index (χ1) is 9.00. The number of carboxylic acid groups (broad SMARTS) is 1. The van der Waals surface area contributed by atoms with Crippen LogP contribution in [0.1, 0.15) is 5.56 Å². The van der Waals surface area contributed by atoms with Crippen molar-refractivity contribution in [3.05, 3.63) is 33.9 Å². The van der Waals surface area contributed by atoms with E-state index in [9.17, 15) is 14.9 Å². The van der Waals surface area contributed by atoms with Gasteiger partial charge in [0.05, 0.1) is 18.1 Å². The average molecular weight is 266 g/mol. The first-order valence-electron chi connectivity index (χ1n) is 5.83. The second-order valence-electron chi connectivity index (χ2n) is 4.35. The maximum Gasteiger partial charge on any atom is 0.328 e. The number of carboxylic acids is 1. The Morgan fingerprint density at radius 2 is 2.32 bits per heavy atom. The fraction of sp³-hybridized carbons (Fsp3) is 0.417. The maximum atomic E-state index is 11.2. The van der Waals surface area contributed by atoms with E-state index in [2.05, 4.69) is 0 Å². The summed E-state index contributed by atoms with van der Waals surface area (Å²) in [4.78, 5) is 23.2. The van der Waals surface area contributed by atoms with E-state index in [0.29, 0.717) is 24.4 Å². The van der Waals surface area contributed by atoms with E-state index >= 15 is 0 Å². The third kappa shape index (κ3) is 2.65. The smallest absolute Gasteiger partial charge is 0.328 e. The number of hydrogen-bond donors (Lipinski definition) is 1. The standard InChI is InChI=1S/C12H14N2O5/c1-8-6-9(2-3-10(8)14(17)18)13-4-5-19-7-11(13)12(15)16/h2-3,6,11H,4-5,7H2,1H3,(H,15,16). The van der Waals surface area contributed by atoms with Gasteiger partial charge in [-0.3, -0.25) is 10.1 Å². The molecule has 1 aliphatic rings. The molecule has 0 amide bonds. The lowest BCUT2D eigenvalue weighted by Gasteiger charge is -2.34. The quantitative estimate of drug-likeness (QED) is 0.652. The van der Waals surface area contributed by atoms with Crippen molar-refractivity contribution in [2.45, 2.75) is 13.0 Å². The summed E-state index contributed by atoms with van der Waals surface area (Å²) >= 11 is 0. The Bertz CT molecular complexity index is 517. The molecule has 0 radical (unpaired) electrons. The molecule has 1 heterocycles. The SMILES string of the molecule is Cc1cc(N2CCOCC2C(=O)O)ccc1[N+](=O)[O-]. The molecule has 0 saturated carbocycles. The van der Waals surface area contributed by atoms with Gasteiger partial charge in [0.15, 0.2) is 6.04 Å². The molecule has 1 N–H and O–H groups in total. The molecule has 0 aromatic heterocycles. The number of benzene rings is 1. The van der Waals surface area contributed by atoms with Crippen molar-refractivity contribution in [1.29, 1.82) is 0 Å². The number of aryl methyl sites for hydroxylation is 1. The number of nitro groups is 1. The Hall–Kier alpha value is -2.15. The number of ether oxygens (including phenoxy) is 1. The minimum atomic E-state index is -0.962. The van der Waals surface area contributed by atoms with Gasteiger partial charge in [-0.05, 0) is 19.1 Å². The largest absolute Gasteiger partial charge is 0.480 e. The summed E-state index contributed by atoms with van der Waals surface area (Å²) in [6.45, 7) is 2.65. The van der Waals surface area contributed by atoms with Gasteiger partial charge in [0.25, 0.3) is 5.69 Å². The Morgan fingerprint density at radius 1 is 1.58 bits per heavy atom. The van der Waals surface area contributed by atoms with E-state index in [4.69, 9.17) is 9.84 Å². The molecule has 1 unspecified atom stereocenters. The molecular formula is C12H14N2O5. The highest BCUT2D eigenvalue weighted by molar-refractivity contribution is 5.79. The molecule has 2 rings (SSSR count). The second-order valence-corrected chi connectivity index (χ2v) is 4.35. The van der Waals surface area contributed by atoms with E-state index < -0.39 is 16.9 Å². The second kappa shape index (κ2) is 5.23. The first kappa shape index (κ1) is 13.3. The molecule has 7 heteroatoms. The highest BCUT2D eigenvalue weighted by atomic mass is 16.6. The number of morpholine rings is 1. The molecule has 1 fully saturated rings. The summed E-state index contributed by atoms with van der Waals surface area (Å²) in [5.74, 6) is -0.962. The van der Waals surface area contributed by atoms with Crippen molar-refractivity contribution in [2.24, 2.45) is 0 Å². The molecule has 1 atom stereocenters. The average Bonchev–Trinajstić information content (AvgIpc) is 2.38. The van der Waals surface area contributed by atoms with Crippen LogP contribution in [0.5, 0.6) is 0 Å². The van der Waals surface area contributed by atoms with Crippen molar-refractivity contribution in [3.63, 3.8) is 0 Å². The highest BCUT2D eigenvalue weighted by Gasteiger charge is 2.29. The highest BCUT2D eigenvalue weighted by Crippen LogP contribution is 2.26. The number of anilines is 1. The number of nitro benzene ring substituents is 1. The number of aliphatic carboxylic acids is 1. The van der Waals surface area contributed by atoms with Crippen molar-refractivity contribution in [3.8, 4) is 0 Å². The summed E-state index contributed by atoms with van der Waals surface area (Å²) in [5, 5.41) is 19.9. The normalized spacial score (nSPS) is 19.2. The topological polar surface area (TPSA) is 92.9 Å². The van der Waals surface area contributed by atoms with Crippen molar-refractivity contribution >= 4 is 17.3 Å². The van der Waals surface area contributed by atoms with Gasteiger partial charge >= 0.3 is 5.97 Å². The zero-order valence-electron chi connectivity index (χ0n) is 10.4. The molecule has 0 spiro atoms. The Balaban J connectivity index is 2.32. The van der Waals surface area contributed by atoms with E-state index in [1.54, 1.807) is 24.0 Å². The summed E-state index contributed by atoms with van der Waals surface area (Å²) in [6.07, 6.45) is 0. The van der Waals surface area contributed by atoms with E-state index in [1.165, 1.54) is 6.07 Å². The van der Waals surface area contributed by atoms with Gasteiger partial charge in [-0.1, -0.05) is 0 Å². The van der Waals surface area contributed by atoms with Gasteiger partial charge in [-0.25, -0.2) is 4.79 Å². The molecule has 1 aromatic carbocycles. The molecule has 1 aliphatic heterocycles. The van der Waals surface area contributed by atoms with E-state index in [0.717, 1.165) is 0 Å². The Kier molecular flexibility index (Phi) is 3.66. The van der Waals surface area contributed by atoms with Crippen LogP contribution in [0.2, 0.25) is 0 Å². The summed E-state index contributed by atoms with van der Waals surface area (Å²) in [6, 6.07) is 3.86. The summed E-state index contributed by atoms with van der Waals surface area (Å²) in [7, 11) is 0. The molecule has 19 heavy (non-hydrogen) atoms. The van der Waals surface area contributed by atoms with Gasteiger partial charge in [0, 0.05) is 23.9 Å². The van der Waals surface area contributed by atoms with E-state index in [1.807, 2.05) is 0 Å². The number of rotatable bonds is 3. The van der Waals surface area contributed by atoms with Crippen molar-refractivity contribution in [1.82, 2.24) is 0 Å². The lowest BCUT2D eigenvalue weighted by atomic mass is 10.1. The fourth-order valence-corrected chi connectivity index (χ4v) is 2.14. The van der Waals surface area contributed by atoms with Gasteiger partial charge in [-0.15, -0.1) is 0 Å². The summed E-state index contributed by atoms with van der Waals surface area (Å²) in [5.41, 5.74) is 1.21. The predicted molar refractivity (Wildman–Crippen MR) is 67.4 cm³/mol. The zero-order valence-corrected chi connectivity index (χ0v) is 10.4. The number of nitrogens with zero attached hydrogens (tertiary/aromatic N) is 2. The molecule has 1 saturated heterocycles. The van der Waals surface area contributed by atoms with Crippen LogP contribution in [0.15, 0.2) is 18.2 Å². The van der Waals surface area contributed by atoms with Crippen LogP contribution in [0, 0.1) is 17.0 Å². The van der Waals surface area contributed by atoms with Crippen LogP contribution in [0.3, 0.4) is 0 Å². The maximum absolute atomic E-state index is 11.2. The zero-order chi connectivity index (χ0) is 14.0. The fourth-order valence-electron chi connectivity index (χ4n) is 2.14. The van der Waals surface area contributed by atoms with Crippen molar-refractivity contribution < 1.29 is 19.6 Å². The number of carbonyl (C=O) groups is 1. The van der Waals surface area contributed by atoms with Crippen LogP contribution >= 0.6 is 0 Å². The minimum Gasteiger partial charge on any atom is -0.480 e. The lowest BCUT2D eigenvalue weighted by molar-refractivity contribution is -0.385. The van der Waals surface area contributed by atoms with Gasteiger partial charge in [0.1, 0.15) is 0 Å². The third-order valence-corrected chi connectivity index (χ3v) is 3.12. The number of hydrogen-bond acceptors (Lipinski definition) is 5. The summed E-state index contributed by atoms with van der Waals surface area (Å²) < 4.78 is 5.16. The van der Waals surface area contributed by atoms with Crippen LogP contribution in [0.4, 0.5) is 11.4 Å².